The molecule has 1 aliphatic carbocycles. The zero-order chi connectivity index (χ0) is 16.9. The molecule has 0 aromatic heterocycles. The molecule has 1 atom stereocenters. The highest BCUT2D eigenvalue weighted by Crippen LogP contribution is 2.44. The van der Waals surface area contributed by atoms with Crippen LogP contribution in [0.4, 0.5) is 0 Å². The Balaban J connectivity index is 1.68. The molecule has 0 radical (unpaired) electrons. The molecule has 1 unspecified atom stereocenters. The first kappa shape index (κ1) is 16.7. The molecule has 2 aromatic rings. The molecule has 3 rings (SSSR count). The first-order chi connectivity index (χ1) is 11.7. The molecule has 2 aromatic carbocycles. The highest BCUT2D eigenvalue weighted by molar-refractivity contribution is 5.79. The van der Waals surface area contributed by atoms with Crippen molar-refractivity contribution in [2.45, 2.75) is 31.3 Å². The molecule has 0 spiro atoms. The van der Waals surface area contributed by atoms with Gasteiger partial charge in [0, 0.05) is 5.92 Å². The Kier molecular flexibility index (Phi) is 5.28. The van der Waals surface area contributed by atoms with Gasteiger partial charge in [0.2, 0.25) is 0 Å². The predicted octanol–water partition coefficient (Wildman–Crippen LogP) is 2.83. The summed E-state index contributed by atoms with van der Waals surface area (Å²) in [5, 5.41) is 9.89. The fourth-order valence-corrected chi connectivity index (χ4v) is 3.30. The van der Waals surface area contributed by atoms with Gasteiger partial charge in [0.1, 0.15) is 6.61 Å². The SMILES string of the molecule is NCCCCC(O)C(=O)OCC1c2ccccc2-c2ccccc21. The van der Waals surface area contributed by atoms with E-state index >= 15 is 0 Å². The van der Waals surface area contributed by atoms with Gasteiger partial charge in [0.25, 0.3) is 0 Å². The van der Waals surface area contributed by atoms with Crippen LogP contribution in [0.5, 0.6) is 0 Å². The molecule has 24 heavy (non-hydrogen) atoms. The summed E-state index contributed by atoms with van der Waals surface area (Å²) in [6.07, 6.45) is 0.854. The summed E-state index contributed by atoms with van der Waals surface area (Å²) in [7, 11) is 0. The fourth-order valence-electron chi connectivity index (χ4n) is 3.30. The van der Waals surface area contributed by atoms with Crippen molar-refractivity contribution in [3.05, 3.63) is 59.7 Å². The second-order valence-electron chi connectivity index (χ2n) is 6.16. The lowest BCUT2D eigenvalue weighted by atomic mass is 9.98. The molecule has 0 fully saturated rings. The summed E-state index contributed by atoms with van der Waals surface area (Å²) in [6, 6.07) is 16.4. The van der Waals surface area contributed by atoms with Crippen molar-refractivity contribution in [1.82, 2.24) is 0 Å². The van der Waals surface area contributed by atoms with E-state index in [0.717, 1.165) is 12.8 Å². The molecule has 0 saturated carbocycles. The Hall–Kier alpha value is -2.17. The van der Waals surface area contributed by atoms with Crippen molar-refractivity contribution in [2.24, 2.45) is 5.73 Å². The van der Waals surface area contributed by atoms with Gasteiger partial charge < -0.3 is 15.6 Å². The molecular formula is C20H23NO3. The summed E-state index contributed by atoms with van der Waals surface area (Å²) >= 11 is 0. The fraction of sp³-hybridized carbons (Fsp3) is 0.350. The van der Waals surface area contributed by atoms with Crippen LogP contribution in [0.2, 0.25) is 0 Å². The van der Waals surface area contributed by atoms with E-state index in [-0.39, 0.29) is 12.5 Å². The van der Waals surface area contributed by atoms with Crippen LogP contribution in [0.15, 0.2) is 48.5 Å². The monoisotopic (exact) mass is 325 g/mol. The topological polar surface area (TPSA) is 72.5 Å². The summed E-state index contributed by atoms with van der Waals surface area (Å²) in [6.45, 7) is 0.818. The molecule has 0 heterocycles. The number of unbranched alkanes of at least 4 members (excludes halogenated alkanes) is 1. The van der Waals surface area contributed by atoms with Crippen molar-refractivity contribution in [3.63, 3.8) is 0 Å². The zero-order valence-corrected chi connectivity index (χ0v) is 13.7. The van der Waals surface area contributed by atoms with E-state index in [4.69, 9.17) is 10.5 Å². The molecule has 4 nitrogen and oxygen atoms in total. The second kappa shape index (κ2) is 7.60. The standard InChI is InChI=1S/C20H23NO3/c21-12-6-5-11-19(22)20(23)24-13-18-16-9-3-1-7-14(16)15-8-2-4-10-17(15)18/h1-4,7-10,18-19,22H,5-6,11-13,21H2. The Labute approximate surface area is 142 Å². The van der Waals surface area contributed by atoms with Crippen molar-refractivity contribution in [1.29, 1.82) is 0 Å². The number of benzene rings is 2. The number of carbonyl (C=O) groups is 1. The molecule has 0 amide bonds. The molecule has 126 valence electrons. The maximum atomic E-state index is 12.0. The van der Waals surface area contributed by atoms with E-state index in [1.54, 1.807) is 0 Å². The van der Waals surface area contributed by atoms with Crippen molar-refractivity contribution >= 4 is 5.97 Å². The van der Waals surface area contributed by atoms with Crippen LogP contribution in [-0.4, -0.2) is 30.3 Å². The Morgan fingerprint density at radius 3 is 2.21 bits per heavy atom. The van der Waals surface area contributed by atoms with Crippen LogP contribution < -0.4 is 5.73 Å². The maximum Gasteiger partial charge on any atom is 0.334 e. The van der Waals surface area contributed by atoms with Crippen LogP contribution in [0, 0.1) is 0 Å². The lowest BCUT2D eigenvalue weighted by Gasteiger charge is -2.16. The zero-order valence-electron chi connectivity index (χ0n) is 13.7. The summed E-state index contributed by atoms with van der Waals surface area (Å²) in [4.78, 5) is 12.0. The number of hydrogen-bond donors (Lipinski definition) is 2. The van der Waals surface area contributed by atoms with Gasteiger partial charge in [-0.1, -0.05) is 48.5 Å². The number of aliphatic hydroxyl groups is 1. The normalized spacial score (nSPS) is 14.1. The van der Waals surface area contributed by atoms with Gasteiger partial charge in [-0.2, -0.15) is 0 Å². The van der Waals surface area contributed by atoms with Gasteiger partial charge in [-0.15, -0.1) is 0 Å². The minimum absolute atomic E-state index is 0.0255. The average Bonchev–Trinajstić information content (AvgIpc) is 2.94. The third-order valence-corrected chi connectivity index (χ3v) is 4.56. The number of esters is 1. The van der Waals surface area contributed by atoms with Gasteiger partial charge in [0.05, 0.1) is 0 Å². The Bertz CT molecular complexity index is 668. The number of rotatable bonds is 7. The quantitative estimate of drug-likeness (QED) is 0.606. The van der Waals surface area contributed by atoms with Crippen molar-refractivity contribution < 1.29 is 14.6 Å². The third kappa shape index (κ3) is 3.35. The van der Waals surface area contributed by atoms with Crippen molar-refractivity contribution in [3.8, 4) is 11.1 Å². The molecule has 3 N–H and O–H groups in total. The molecule has 0 aliphatic heterocycles. The van der Waals surface area contributed by atoms with E-state index in [0.29, 0.717) is 13.0 Å². The number of ether oxygens (including phenoxy) is 1. The minimum Gasteiger partial charge on any atom is -0.463 e. The van der Waals surface area contributed by atoms with Gasteiger partial charge in [-0.25, -0.2) is 4.79 Å². The maximum absolute atomic E-state index is 12.0. The first-order valence-corrected chi connectivity index (χ1v) is 8.45. The first-order valence-electron chi connectivity index (χ1n) is 8.45. The number of nitrogens with two attached hydrogens (primary N) is 1. The summed E-state index contributed by atoms with van der Waals surface area (Å²) in [5.41, 5.74) is 10.2. The van der Waals surface area contributed by atoms with E-state index in [9.17, 15) is 9.90 Å². The second-order valence-corrected chi connectivity index (χ2v) is 6.16. The van der Waals surface area contributed by atoms with Crippen molar-refractivity contribution in [2.75, 3.05) is 13.2 Å². The van der Waals surface area contributed by atoms with E-state index in [1.807, 2.05) is 24.3 Å². The molecule has 1 aliphatic rings. The lowest BCUT2D eigenvalue weighted by molar-refractivity contribution is -0.154. The lowest BCUT2D eigenvalue weighted by Crippen LogP contribution is -2.25. The highest BCUT2D eigenvalue weighted by Gasteiger charge is 2.29. The van der Waals surface area contributed by atoms with Crippen LogP contribution in [-0.2, 0) is 9.53 Å². The minimum atomic E-state index is -1.07. The summed E-state index contributed by atoms with van der Waals surface area (Å²) in [5.74, 6) is -0.522. The van der Waals surface area contributed by atoms with Gasteiger partial charge in [-0.05, 0) is 48.1 Å². The molecule has 4 heteroatoms. The average molecular weight is 325 g/mol. The van der Waals surface area contributed by atoms with E-state index < -0.39 is 12.1 Å². The number of hydrogen-bond acceptors (Lipinski definition) is 4. The predicted molar refractivity (Wildman–Crippen MR) is 93.6 cm³/mol. The van der Waals surface area contributed by atoms with Gasteiger partial charge >= 0.3 is 5.97 Å². The Morgan fingerprint density at radius 1 is 1.04 bits per heavy atom. The molecule has 0 saturated heterocycles. The van der Waals surface area contributed by atoms with Crippen LogP contribution in [0.3, 0.4) is 0 Å². The molecule has 0 bridgehead atoms. The van der Waals surface area contributed by atoms with Crippen LogP contribution >= 0.6 is 0 Å². The number of aliphatic hydroxyl groups excluding tert-OH is 1. The number of fused-ring (bicyclic) bond motifs is 3. The summed E-state index contributed by atoms with van der Waals surface area (Å²) < 4.78 is 5.41. The van der Waals surface area contributed by atoms with Crippen LogP contribution in [0.25, 0.3) is 11.1 Å². The highest BCUT2D eigenvalue weighted by atomic mass is 16.5. The number of carbonyl (C=O) groups excluding carboxylic acids is 1. The van der Waals surface area contributed by atoms with Gasteiger partial charge in [-0.3, -0.25) is 0 Å². The third-order valence-electron chi connectivity index (χ3n) is 4.56. The largest absolute Gasteiger partial charge is 0.463 e. The van der Waals surface area contributed by atoms with Gasteiger partial charge in [0.15, 0.2) is 6.10 Å². The smallest absolute Gasteiger partial charge is 0.334 e. The Morgan fingerprint density at radius 2 is 1.62 bits per heavy atom. The van der Waals surface area contributed by atoms with E-state index in [1.165, 1.54) is 22.3 Å². The van der Waals surface area contributed by atoms with E-state index in [2.05, 4.69) is 24.3 Å². The molecular weight excluding hydrogens is 302 g/mol. The van der Waals surface area contributed by atoms with Crippen LogP contribution in [0.1, 0.15) is 36.3 Å².